The maximum atomic E-state index is 13.0. The molecule has 0 bridgehead atoms. The van der Waals surface area contributed by atoms with Crippen LogP contribution >= 0.6 is 27.3 Å². The van der Waals surface area contributed by atoms with Crippen LogP contribution in [0, 0.1) is 0 Å². The molecule has 112 valence electrons. The number of thiophene rings is 1. The quantitative estimate of drug-likeness (QED) is 0.812. The largest absolute Gasteiger partial charge is 0.477 e. The number of hydrogen-bond donors (Lipinski definition) is 1. The van der Waals surface area contributed by atoms with Gasteiger partial charge in [0.15, 0.2) is 4.21 Å². The number of piperidine rings is 1. The van der Waals surface area contributed by atoms with Crippen LogP contribution in [0.15, 0.2) is 20.1 Å². The third kappa shape index (κ3) is 2.43. The van der Waals surface area contributed by atoms with Crippen molar-refractivity contribution in [3.8, 4) is 0 Å². The average molecular weight is 383 g/mol. The fraction of sp³-hybridized carbons (Fsp3) is 0.583. The van der Waals surface area contributed by atoms with Crippen molar-refractivity contribution in [3.05, 3.63) is 15.9 Å². The standard InChI is InChI=1S/C12H16BrNO4S2/c1-2-14(8-4-3-5-9(14)12(15)16)20(17,18)11-7-6-10(13)19-11/h6-7,9H,2-5,8H2,1H3/p+1. The van der Waals surface area contributed by atoms with Crippen molar-refractivity contribution in [2.45, 2.75) is 36.4 Å². The molecule has 2 heterocycles. The predicted molar refractivity (Wildman–Crippen MR) is 80.1 cm³/mol. The number of quaternary nitrogens is 1. The van der Waals surface area contributed by atoms with Crippen LogP contribution < -0.4 is 0 Å². The Morgan fingerprint density at radius 3 is 2.70 bits per heavy atom. The van der Waals surface area contributed by atoms with Crippen LogP contribution in [0.25, 0.3) is 0 Å². The van der Waals surface area contributed by atoms with E-state index in [0.29, 0.717) is 13.0 Å². The van der Waals surface area contributed by atoms with Crippen LogP contribution in [0.2, 0.25) is 0 Å². The van der Waals surface area contributed by atoms with E-state index in [9.17, 15) is 18.3 Å². The monoisotopic (exact) mass is 382 g/mol. The molecule has 0 aromatic carbocycles. The summed E-state index contributed by atoms with van der Waals surface area (Å²) < 4.78 is 26.5. The van der Waals surface area contributed by atoms with Crippen molar-refractivity contribution >= 4 is 43.3 Å². The van der Waals surface area contributed by atoms with Gasteiger partial charge in [-0.3, -0.25) is 0 Å². The van der Waals surface area contributed by atoms with Gasteiger partial charge in [-0.2, -0.15) is 8.42 Å². The first-order valence-corrected chi connectivity index (χ1v) is 9.50. The number of likely N-dealkylation sites (N-methyl/N-ethyl adjacent to an activating group) is 1. The van der Waals surface area contributed by atoms with E-state index >= 15 is 0 Å². The molecule has 8 heteroatoms. The normalized spacial score (nSPS) is 27.4. The summed E-state index contributed by atoms with van der Waals surface area (Å²) in [6.45, 7) is 2.39. The van der Waals surface area contributed by atoms with Gasteiger partial charge in [0.2, 0.25) is 6.04 Å². The molecule has 1 saturated heterocycles. The molecule has 1 fully saturated rings. The molecule has 1 aromatic heterocycles. The lowest BCUT2D eigenvalue weighted by atomic mass is 10.0. The molecule has 1 aliphatic rings. The molecule has 0 aliphatic carbocycles. The number of nitrogens with zero attached hydrogens (tertiary/aromatic N) is 1. The van der Waals surface area contributed by atoms with Crippen LogP contribution in [-0.2, 0) is 14.8 Å². The van der Waals surface area contributed by atoms with Gasteiger partial charge >= 0.3 is 16.0 Å². The number of carboxylic acids is 1. The van der Waals surface area contributed by atoms with Crippen LogP contribution in [-0.4, -0.2) is 42.5 Å². The Bertz CT molecular complexity index is 613. The Labute approximate surface area is 131 Å². The van der Waals surface area contributed by atoms with Crippen molar-refractivity contribution in [2.24, 2.45) is 0 Å². The number of halogens is 1. The van der Waals surface area contributed by atoms with Gasteiger partial charge in [0.05, 0.1) is 16.9 Å². The van der Waals surface area contributed by atoms with Crippen molar-refractivity contribution in [1.82, 2.24) is 0 Å². The fourth-order valence-electron chi connectivity index (χ4n) is 2.88. The molecule has 0 radical (unpaired) electrons. The number of likely N-dealkylation sites (tertiary alicyclic amines) is 1. The Hall–Kier alpha value is -0.440. The summed E-state index contributed by atoms with van der Waals surface area (Å²) in [5.41, 5.74) is 0. The summed E-state index contributed by atoms with van der Waals surface area (Å²) in [6, 6.07) is 2.36. The minimum Gasteiger partial charge on any atom is -0.477 e. The summed E-state index contributed by atoms with van der Waals surface area (Å²) in [5, 5.41) is 9.43. The van der Waals surface area contributed by atoms with Crippen molar-refractivity contribution < 1.29 is 22.2 Å². The fourth-order valence-corrected chi connectivity index (χ4v) is 7.30. The van der Waals surface area contributed by atoms with E-state index in [1.165, 1.54) is 0 Å². The second kappa shape index (κ2) is 5.75. The average Bonchev–Trinajstić information content (AvgIpc) is 2.85. The minimum atomic E-state index is -3.70. The zero-order valence-corrected chi connectivity index (χ0v) is 14.3. The smallest absolute Gasteiger partial charge is 0.363 e. The van der Waals surface area contributed by atoms with Gasteiger partial charge in [0.25, 0.3) is 0 Å². The van der Waals surface area contributed by atoms with E-state index in [0.717, 1.165) is 28.0 Å². The number of carbonyl (C=O) groups is 1. The highest BCUT2D eigenvalue weighted by Crippen LogP contribution is 2.37. The SMILES string of the molecule is CC[N+]1(S(=O)(=O)c2ccc(Br)s2)CCCCC1C(=O)O. The lowest BCUT2D eigenvalue weighted by Gasteiger charge is -2.42. The third-order valence-electron chi connectivity index (χ3n) is 3.93. The van der Waals surface area contributed by atoms with E-state index in [1.807, 2.05) is 0 Å². The van der Waals surface area contributed by atoms with Crippen molar-refractivity contribution in [3.63, 3.8) is 0 Å². The van der Waals surface area contributed by atoms with E-state index in [1.54, 1.807) is 19.1 Å². The van der Waals surface area contributed by atoms with Gasteiger partial charge in [-0.15, -0.1) is 11.3 Å². The summed E-state index contributed by atoms with van der Waals surface area (Å²) >= 11 is 4.40. The highest BCUT2D eigenvalue weighted by Gasteiger charge is 2.53. The molecule has 20 heavy (non-hydrogen) atoms. The predicted octanol–water partition coefficient (Wildman–Crippen LogP) is 2.67. The second-order valence-electron chi connectivity index (χ2n) is 4.88. The van der Waals surface area contributed by atoms with Gasteiger partial charge < -0.3 is 5.11 Å². The molecule has 2 atom stereocenters. The number of hydrogen-bond acceptors (Lipinski definition) is 4. The zero-order chi connectivity index (χ0) is 15.0. The highest BCUT2D eigenvalue weighted by molar-refractivity contribution is 9.11. The van der Waals surface area contributed by atoms with E-state index in [4.69, 9.17) is 0 Å². The summed E-state index contributed by atoms with van der Waals surface area (Å²) in [7, 11) is -3.70. The van der Waals surface area contributed by atoms with Crippen molar-refractivity contribution in [2.75, 3.05) is 13.1 Å². The van der Waals surface area contributed by atoms with Crippen LogP contribution in [0.4, 0.5) is 0 Å². The Balaban J connectivity index is 2.56. The van der Waals surface area contributed by atoms with Crippen LogP contribution in [0.3, 0.4) is 0 Å². The lowest BCUT2D eigenvalue weighted by molar-refractivity contribution is -0.828. The second-order valence-corrected chi connectivity index (χ2v) is 9.71. The number of sulfonamides is 1. The number of rotatable bonds is 4. The van der Waals surface area contributed by atoms with Gasteiger partial charge in [-0.05, 0) is 47.8 Å². The molecule has 5 nitrogen and oxygen atoms in total. The van der Waals surface area contributed by atoms with Gasteiger partial charge in [-0.1, -0.05) is 0 Å². The molecule has 2 rings (SSSR count). The Kier molecular flexibility index (Phi) is 4.58. The maximum absolute atomic E-state index is 13.0. The summed E-state index contributed by atoms with van der Waals surface area (Å²) in [6.07, 6.45) is 1.92. The zero-order valence-electron chi connectivity index (χ0n) is 11.1. The first kappa shape index (κ1) is 15.9. The van der Waals surface area contributed by atoms with Gasteiger partial charge in [0, 0.05) is 6.42 Å². The molecule has 0 amide bonds. The Morgan fingerprint density at radius 2 is 2.20 bits per heavy atom. The molecule has 0 saturated carbocycles. The van der Waals surface area contributed by atoms with Gasteiger partial charge in [0.1, 0.15) is 0 Å². The first-order chi connectivity index (χ1) is 9.35. The minimum absolute atomic E-state index is 0.236. The number of carboxylic acid groups (broad SMARTS) is 1. The van der Waals surface area contributed by atoms with Crippen LogP contribution in [0.1, 0.15) is 26.2 Å². The molecular weight excluding hydrogens is 366 g/mol. The third-order valence-corrected chi connectivity index (χ3v) is 8.53. The van der Waals surface area contributed by atoms with Crippen molar-refractivity contribution in [1.29, 1.82) is 0 Å². The molecular formula is C12H17BrNO4S2+. The molecule has 1 N–H and O–H groups in total. The highest BCUT2D eigenvalue weighted by atomic mass is 79.9. The molecule has 2 unspecified atom stereocenters. The summed E-state index contributed by atoms with van der Waals surface area (Å²) in [5.74, 6) is -1.02. The first-order valence-electron chi connectivity index (χ1n) is 6.45. The number of aliphatic carboxylic acids is 1. The van der Waals surface area contributed by atoms with Gasteiger partial charge in [-0.25, -0.2) is 8.68 Å². The molecule has 1 aliphatic heterocycles. The van der Waals surface area contributed by atoms with Crippen LogP contribution in [0.5, 0.6) is 0 Å². The van der Waals surface area contributed by atoms with E-state index in [2.05, 4.69) is 15.9 Å². The molecule has 1 aromatic rings. The maximum Gasteiger partial charge on any atom is 0.363 e. The molecule has 0 spiro atoms. The van der Waals surface area contributed by atoms with E-state index < -0.39 is 22.0 Å². The van der Waals surface area contributed by atoms with E-state index in [-0.39, 0.29) is 14.6 Å². The summed E-state index contributed by atoms with van der Waals surface area (Å²) in [4.78, 5) is 11.5. The lowest BCUT2D eigenvalue weighted by Crippen LogP contribution is -2.63. The topological polar surface area (TPSA) is 71.4 Å². The Morgan fingerprint density at radius 1 is 1.50 bits per heavy atom.